The van der Waals surface area contributed by atoms with Gasteiger partial charge in [0.1, 0.15) is 5.56 Å². The maximum atomic E-state index is 11.7. The van der Waals surface area contributed by atoms with Crippen molar-refractivity contribution in [2.45, 2.75) is 18.9 Å². The second-order valence-corrected chi connectivity index (χ2v) is 4.26. The second kappa shape index (κ2) is 5.96. The Labute approximate surface area is 114 Å². The molecule has 0 unspecified atom stereocenters. The van der Waals surface area contributed by atoms with Gasteiger partial charge in [-0.25, -0.2) is 9.59 Å². The van der Waals surface area contributed by atoms with Crippen LogP contribution in [0.3, 0.4) is 0 Å². The SMILES string of the molecule is O=C(C=CNC1CC1)OC(=O)c1ccccc1[N+](=O)[O-]. The number of esters is 2. The molecule has 1 aliphatic rings. The van der Waals surface area contributed by atoms with E-state index in [1.807, 2.05) is 0 Å². The molecule has 0 spiro atoms. The van der Waals surface area contributed by atoms with Crippen LogP contribution in [0.25, 0.3) is 0 Å². The van der Waals surface area contributed by atoms with Gasteiger partial charge in [0, 0.05) is 24.4 Å². The number of benzene rings is 1. The summed E-state index contributed by atoms with van der Waals surface area (Å²) in [6.45, 7) is 0. The minimum absolute atomic E-state index is 0.255. The van der Waals surface area contributed by atoms with Gasteiger partial charge in [0.05, 0.1) is 4.92 Å². The Morgan fingerprint density at radius 3 is 2.70 bits per heavy atom. The third-order valence-electron chi connectivity index (χ3n) is 2.64. The zero-order valence-electron chi connectivity index (χ0n) is 10.4. The number of nitrogens with zero attached hydrogens (tertiary/aromatic N) is 1. The number of rotatable bonds is 5. The van der Waals surface area contributed by atoms with Gasteiger partial charge in [0.25, 0.3) is 5.69 Å². The van der Waals surface area contributed by atoms with Gasteiger partial charge >= 0.3 is 11.9 Å². The third-order valence-corrected chi connectivity index (χ3v) is 2.64. The maximum Gasteiger partial charge on any atom is 0.353 e. The van der Waals surface area contributed by atoms with Crippen LogP contribution >= 0.6 is 0 Å². The lowest BCUT2D eigenvalue weighted by Gasteiger charge is -2.01. The highest BCUT2D eigenvalue weighted by Crippen LogP contribution is 2.19. The van der Waals surface area contributed by atoms with Crippen molar-refractivity contribution in [1.82, 2.24) is 5.32 Å². The monoisotopic (exact) mass is 276 g/mol. The molecule has 7 heteroatoms. The van der Waals surface area contributed by atoms with Gasteiger partial charge in [-0.3, -0.25) is 10.1 Å². The lowest BCUT2D eigenvalue weighted by Crippen LogP contribution is -2.14. The van der Waals surface area contributed by atoms with Crippen molar-refractivity contribution in [3.63, 3.8) is 0 Å². The van der Waals surface area contributed by atoms with Gasteiger partial charge in [0.15, 0.2) is 0 Å². The molecule has 0 bridgehead atoms. The summed E-state index contributed by atoms with van der Waals surface area (Å²) in [5.41, 5.74) is -0.653. The van der Waals surface area contributed by atoms with Crippen molar-refractivity contribution in [3.8, 4) is 0 Å². The Hall–Kier alpha value is -2.70. The van der Waals surface area contributed by atoms with Crippen molar-refractivity contribution in [2.75, 3.05) is 0 Å². The van der Waals surface area contributed by atoms with Gasteiger partial charge in [-0.05, 0) is 18.9 Å². The first kappa shape index (κ1) is 13.7. The average molecular weight is 276 g/mol. The van der Waals surface area contributed by atoms with Crippen LogP contribution in [-0.4, -0.2) is 22.9 Å². The predicted octanol–water partition coefficient (Wildman–Crippen LogP) is 1.54. The number of nitrogens with one attached hydrogen (secondary N) is 1. The summed E-state index contributed by atoms with van der Waals surface area (Å²) in [4.78, 5) is 33.1. The predicted molar refractivity (Wildman–Crippen MR) is 68.8 cm³/mol. The molecule has 1 saturated carbocycles. The highest BCUT2D eigenvalue weighted by Gasteiger charge is 2.22. The summed E-state index contributed by atoms with van der Waals surface area (Å²) in [6.07, 6.45) is 4.58. The van der Waals surface area contributed by atoms with E-state index in [9.17, 15) is 19.7 Å². The molecular formula is C13H12N2O5. The molecule has 1 aromatic carbocycles. The number of carbonyl (C=O) groups excluding carboxylic acids is 2. The Morgan fingerprint density at radius 1 is 1.35 bits per heavy atom. The standard InChI is InChI=1S/C13H12N2O5/c16-12(7-8-14-9-5-6-9)20-13(17)10-3-1-2-4-11(10)15(18)19/h1-4,7-9,14H,5-6H2. The molecular weight excluding hydrogens is 264 g/mol. The normalized spacial score (nSPS) is 14.0. The first-order valence-corrected chi connectivity index (χ1v) is 6.00. The number of nitro groups is 1. The molecule has 2 rings (SSSR count). The van der Waals surface area contributed by atoms with Crippen molar-refractivity contribution in [1.29, 1.82) is 0 Å². The van der Waals surface area contributed by atoms with E-state index in [0.717, 1.165) is 18.9 Å². The van der Waals surface area contributed by atoms with Crippen LogP contribution < -0.4 is 5.32 Å². The molecule has 0 saturated heterocycles. The molecule has 20 heavy (non-hydrogen) atoms. The van der Waals surface area contributed by atoms with Crippen LogP contribution in [0.1, 0.15) is 23.2 Å². The van der Waals surface area contributed by atoms with E-state index >= 15 is 0 Å². The van der Waals surface area contributed by atoms with Crippen LogP contribution in [-0.2, 0) is 9.53 Å². The highest BCUT2D eigenvalue weighted by atomic mass is 16.6. The Bertz CT molecular complexity index is 578. The Balaban J connectivity index is 1.98. The van der Waals surface area contributed by atoms with Crippen LogP contribution in [0, 0.1) is 10.1 Å². The third kappa shape index (κ3) is 3.64. The molecule has 0 amide bonds. The number of hydrogen-bond donors (Lipinski definition) is 1. The smallest absolute Gasteiger partial charge is 0.353 e. The molecule has 1 fully saturated rings. The molecule has 1 aliphatic carbocycles. The molecule has 0 aromatic heterocycles. The van der Waals surface area contributed by atoms with Gasteiger partial charge in [-0.2, -0.15) is 0 Å². The maximum absolute atomic E-state index is 11.7. The summed E-state index contributed by atoms with van der Waals surface area (Å²) in [5, 5.41) is 13.7. The molecule has 0 radical (unpaired) electrons. The lowest BCUT2D eigenvalue weighted by molar-refractivity contribution is -0.385. The highest BCUT2D eigenvalue weighted by molar-refractivity contribution is 6.02. The largest absolute Gasteiger partial charge is 0.388 e. The van der Waals surface area contributed by atoms with E-state index < -0.39 is 22.5 Å². The average Bonchev–Trinajstić information content (AvgIpc) is 3.22. The quantitative estimate of drug-likeness (QED) is 0.288. The van der Waals surface area contributed by atoms with Crippen molar-refractivity contribution in [2.24, 2.45) is 0 Å². The molecule has 7 nitrogen and oxygen atoms in total. The van der Waals surface area contributed by atoms with Crippen LogP contribution in [0.15, 0.2) is 36.5 Å². The molecule has 104 valence electrons. The van der Waals surface area contributed by atoms with E-state index in [0.29, 0.717) is 6.04 Å². The zero-order valence-corrected chi connectivity index (χ0v) is 10.4. The van der Waals surface area contributed by atoms with E-state index in [-0.39, 0.29) is 5.56 Å². The van der Waals surface area contributed by atoms with Gasteiger partial charge in [0.2, 0.25) is 0 Å². The molecule has 1 aromatic rings. The Morgan fingerprint density at radius 2 is 2.05 bits per heavy atom. The van der Waals surface area contributed by atoms with E-state index in [1.54, 1.807) is 0 Å². The van der Waals surface area contributed by atoms with Crippen LogP contribution in [0.4, 0.5) is 5.69 Å². The number of ether oxygens (including phenoxy) is 1. The van der Waals surface area contributed by atoms with E-state index in [2.05, 4.69) is 10.1 Å². The summed E-state index contributed by atoms with van der Waals surface area (Å²) in [6, 6.07) is 5.67. The van der Waals surface area contributed by atoms with Crippen molar-refractivity contribution < 1.29 is 19.2 Å². The van der Waals surface area contributed by atoms with Crippen molar-refractivity contribution in [3.05, 3.63) is 52.2 Å². The zero-order chi connectivity index (χ0) is 14.5. The topological polar surface area (TPSA) is 98.5 Å². The summed E-state index contributed by atoms with van der Waals surface area (Å²) in [7, 11) is 0. The van der Waals surface area contributed by atoms with E-state index in [4.69, 9.17) is 0 Å². The van der Waals surface area contributed by atoms with Crippen LogP contribution in [0.5, 0.6) is 0 Å². The fourth-order valence-electron chi connectivity index (χ4n) is 1.49. The fraction of sp³-hybridized carbons (Fsp3) is 0.231. The van der Waals surface area contributed by atoms with Gasteiger partial charge in [-0.15, -0.1) is 0 Å². The first-order valence-electron chi connectivity index (χ1n) is 6.00. The number of nitro benzene ring substituents is 1. The summed E-state index contributed by atoms with van der Waals surface area (Å²) >= 11 is 0. The van der Waals surface area contributed by atoms with E-state index in [1.165, 1.54) is 30.5 Å². The number of carbonyl (C=O) groups is 2. The summed E-state index contributed by atoms with van der Waals surface area (Å²) < 4.78 is 4.52. The van der Waals surface area contributed by atoms with Crippen LogP contribution in [0.2, 0.25) is 0 Å². The molecule has 1 N–H and O–H groups in total. The first-order chi connectivity index (χ1) is 9.58. The number of para-hydroxylation sites is 1. The summed E-state index contributed by atoms with van der Waals surface area (Å²) in [5.74, 6) is -1.92. The lowest BCUT2D eigenvalue weighted by atomic mass is 10.2. The number of hydrogen-bond acceptors (Lipinski definition) is 6. The van der Waals surface area contributed by atoms with Gasteiger partial charge < -0.3 is 10.1 Å². The fourth-order valence-corrected chi connectivity index (χ4v) is 1.49. The van der Waals surface area contributed by atoms with Gasteiger partial charge in [-0.1, -0.05) is 12.1 Å². The molecule has 0 atom stereocenters. The Kier molecular flexibility index (Phi) is 4.09. The minimum atomic E-state index is -1.04. The second-order valence-electron chi connectivity index (χ2n) is 4.26. The molecule has 0 aliphatic heterocycles. The van der Waals surface area contributed by atoms with Crippen molar-refractivity contribution >= 4 is 17.6 Å². The molecule has 0 heterocycles. The minimum Gasteiger partial charge on any atom is -0.388 e.